The summed E-state index contributed by atoms with van der Waals surface area (Å²) >= 11 is 0. The summed E-state index contributed by atoms with van der Waals surface area (Å²) in [6.07, 6.45) is 6.46. The van der Waals surface area contributed by atoms with Gasteiger partial charge in [0.15, 0.2) is 0 Å². The van der Waals surface area contributed by atoms with Crippen LogP contribution in [0, 0.1) is 0 Å². The molecule has 2 heterocycles. The lowest BCUT2D eigenvalue weighted by atomic mass is 9.92. The second-order valence-corrected chi connectivity index (χ2v) is 6.99. The Bertz CT molecular complexity index is 526. The zero-order valence-corrected chi connectivity index (χ0v) is 15.1. The number of rotatable bonds is 7. The van der Waals surface area contributed by atoms with E-state index in [1.807, 2.05) is 26.5 Å². The van der Waals surface area contributed by atoms with Gasteiger partial charge in [0.2, 0.25) is 5.91 Å². The maximum atomic E-state index is 12.3. The van der Waals surface area contributed by atoms with Crippen LogP contribution in [0.1, 0.15) is 45.0 Å². The predicted molar refractivity (Wildman–Crippen MR) is 90.2 cm³/mol. The van der Waals surface area contributed by atoms with Crippen LogP contribution in [0.25, 0.3) is 0 Å². The van der Waals surface area contributed by atoms with Gasteiger partial charge in [-0.2, -0.15) is 0 Å². The van der Waals surface area contributed by atoms with Crippen molar-refractivity contribution in [3.05, 3.63) is 18.2 Å². The average Bonchev–Trinajstić information content (AvgIpc) is 3.08. The molecule has 0 aliphatic carbocycles. The molecule has 0 unspecified atom stereocenters. The highest BCUT2D eigenvalue weighted by atomic mass is 16.5. The quantitative estimate of drug-likeness (QED) is 0.770. The van der Waals surface area contributed by atoms with Gasteiger partial charge in [-0.05, 0) is 33.2 Å². The summed E-state index contributed by atoms with van der Waals surface area (Å²) in [7, 11) is 5.34. The molecule has 2 rings (SSSR count). The standard InChI is InChI=1S/C17H30N4O2/c1-14(2)21-10-8-18-15(21)12-20-9-6-7-17(20,13-23-5)11-16(22)19(3)4/h8,10,14H,6-7,9,11-13H2,1-5H3/t17-/m1/s1. The van der Waals surface area contributed by atoms with E-state index in [0.717, 1.165) is 31.8 Å². The molecule has 0 saturated carbocycles. The van der Waals surface area contributed by atoms with E-state index in [1.54, 1.807) is 12.0 Å². The second kappa shape index (κ2) is 7.45. The van der Waals surface area contributed by atoms with Crippen molar-refractivity contribution in [3.63, 3.8) is 0 Å². The van der Waals surface area contributed by atoms with Crippen molar-refractivity contribution < 1.29 is 9.53 Å². The van der Waals surface area contributed by atoms with Crippen molar-refractivity contribution in [2.45, 2.75) is 51.2 Å². The molecule has 1 atom stereocenters. The fourth-order valence-corrected chi connectivity index (χ4v) is 3.47. The molecule has 0 bridgehead atoms. The molecule has 0 radical (unpaired) electrons. The van der Waals surface area contributed by atoms with Gasteiger partial charge in [0, 0.05) is 46.1 Å². The fraction of sp³-hybridized carbons (Fsp3) is 0.765. The van der Waals surface area contributed by atoms with Crippen LogP contribution in [0.3, 0.4) is 0 Å². The van der Waals surface area contributed by atoms with Gasteiger partial charge >= 0.3 is 0 Å². The van der Waals surface area contributed by atoms with Gasteiger partial charge < -0.3 is 14.2 Å². The van der Waals surface area contributed by atoms with Crippen molar-refractivity contribution in [1.29, 1.82) is 0 Å². The molecule has 0 N–H and O–H groups in total. The van der Waals surface area contributed by atoms with Gasteiger partial charge in [0.05, 0.1) is 18.7 Å². The van der Waals surface area contributed by atoms with Gasteiger partial charge in [-0.1, -0.05) is 0 Å². The smallest absolute Gasteiger partial charge is 0.224 e. The van der Waals surface area contributed by atoms with Crippen LogP contribution in [0.4, 0.5) is 0 Å². The Morgan fingerprint density at radius 2 is 2.22 bits per heavy atom. The number of carbonyl (C=O) groups is 1. The van der Waals surface area contributed by atoms with Crippen LogP contribution < -0.4 is 0 Å². The highest BCUT2D eigenvalue weighted by Crippen LogP contribution is 2.34. The van der Waals surface area contributed by atoms with E-state index < -0.39 is 0 Å². The molecule has 1 aliphatic rings. The van der Waals surface area contributed by atoms with E-state index >= 15 is 0 Å². The minimum Gasteiger partial charge on any atom is -0.383 e. The number of imidazole rings is 1. The lowest BCUT2D eigenvalue weighted by molar-refractivity contribution is -0.132. The van der Waals surface area contributed by atoms with Crippen LogP contribution in [-0.2, 0) is 16.1 Å². The molecule has 6 nitrogen and oxygen atoms in total. The van der Waals surface area contributed by atoms with Crippen molar-refractivity contribution >= 4 is 5.91 Å². The number of likely N-dealkylation sites (tertiary alicyclic amines) is 1. The third-order valence-electron chi connectivity index (χ3n) is 4.77. The van der Waals surface area contributed by atoms with Crippen molar-refractivity contribution in [2.24, 2.45) is 0 Å². The predicted octanol–water partition coefficient (Wildman–Crippen LogP) is 1.92. The van der Waals surface area contributed by atoms with E-state index in [1.165, 1.54) is 0 Å². The Morgan fingerprint density at radius 1 is 1.48 bits per heavy atom. The average molecular weight is 322 g/mol. The molecular formula is C17H30N4O2. The summed E-state index contributed by atoms with van der Waals surface area (Å²) in [6, 6.07) is 0.385. The third kappa shape index (κ3) is 3.93. The number of hydrogen-bond acceptors (Lipinski definition) is 4. The summed E-state index contributed by atoms with van der Waals surface area (Å²) in [5.41, 5.74) is -0.218. The molecule has 1 saturated heterocycles. The highest BCUT2D eigenvalue weighted by Gasteiger charge is 2.43. The van der Waals surface area contributed by atoms with Gasteiger partial charge in [-0.3, -0.25) is 9.69 Å². The first-order valence-electron chi connectivity index (χ1n) is 8.35. The Labute approximate surface area is 139 Å². The fourth-order valence-electron chi connectivity index (χ4n) is 3.47. The Kier molecular flexibility index (Phi) is 5.81. The van der Waals surface area contributed by atoms with E-state index in [4.69, 9.17) is 4.74 Å². The van der Waals surface area contributed by atoms with Crippen LogP contribution in [0.2, 0.25) is 0 Å². The van der Waals surface area contributed by atoms with E-state index in [9.17, 15) is 4.79 Å². The Morgan fingerprint density at radius 3 is 2.83 bits per heavy atom. The number of carbonyl (C=O) groups excluding carboxylic acids is 1. The molecular weight excluding hydrogens is 292 g/mol. The van der Waals surface area contributed by atoms with Crippen LogP contribution in [0.15, 0.2) is 12.4 Å². The molecule has 1 aromatic heterocycles. The molecule has 6 heteroatoms. The lowest BCUT2D eigenvalue weighted by Gasteiger charge is -2.38. The number of ether oxygens (including phenoxy) is 1. The van der Waals surface area contributed by atoms with Crippen LogP contribution in [-0.4, -0.2) is 65.2 Å². The first kappa shape index (κ1) is 17.9. The van der Waals surface area contributed by atoms with Crippen molar-refractivity contribution in [3.8, 4) is 0 Å². The summed E-state index contributed by atoms with van der Waals surface area (Å²) in [6.45, 7) is 6.64. The first-order chi connectivity index (χ1) is 10.9. The summed E-state index contributed by atoms with van der Waals surface area (Å²) in [5.74, 6) is 1.21. The minimum absolute atomic E-state index is 0.154. The van der Waals surface area contributed by atoms with Gasteiger partial charge in [-0.15, -0.1) is 0 Å². The molecule has 0 spiro atoms. The maximum Gasteiger partial charge on any atom is 0.224 e. The van der Waals surface area contributed by atoms with Crippen molar-refractivity contribution in [1.82, 2.24) is 19.4 Å². The summed E-state index contributed by atoms with van der Waals surface area (Å²) in [5, 5.41) is 0. The number of hydrogen-bond donors (Lipinski definition) is 0. The van der Waals surface area contributed by atoms with Crippen molar-refractivity contribution in [2.75, 3.05) is 34.4 Å². The molecule has 1 amide bonds. The van der Waals surface area contributed by atoms with Gasteiger partial charge in [0.25, 0.3) is 0 Å². The van der Waals surface area contributed by atoms with Gasteiger partial charge in [-0.25, -0.2) is 4.98 Å². The van der Waals surface area contributed by atoms with E-state index in [2.05, 4.69) is 28.3 Å². The SMILES string of the molecule is COC[C@]1(CC(=O)N(C)C)CCCN1Cc1nccn1C(C)C. The maximum absolute atomic E-state index is 12.3. The van der Waals surface area contributed by atoms with Gasteiger partial charge in [0.1, 0.15) is 5.82 Å². The molecule has 1 aromatic rings. The van der Waals surface area contributed by atoms with Crippen LogP contribution in [0.5, 0.6) is 0 Å². The van der Waals surface area contributed by atoms with Crippen LogP contribution >= 0.6 is 0 Å². The van der Waals surface area contributed by atoms with E-state index in [0.29, 0.717) is 19.1 Å². The summed E-state index contributed by atoms with van der Waals surface area (Å²) in [4.78, 5) is 20.9. The second-order valence-electron chi connectivity index (χ2n) is 6.99. The zero-order valence-electron chi connectivity index (χ0n) is 15.1. The number of aromatic nitrogens is 2. The Balaban J connectivity index is 2.20. The minimum atomic E-state index is -0.218. The monoisotopic (exact) mass is 322 g/mol. The largest absolute Gasteiger partial charge is 0.383 e. The lowest BCUT2D eigenvalue weighted by Crippen LogP contribution is -2.50. The molecule has 130 valence electrons. The first-order valence-corrected chi connectivity index (χ1v) is 8.35. The summed E-state index contributed by atoms with van der Waals surface area (Å²) < 4.78 is 7.70. The normalized spacial score (nSPS) is 22.0. The zero-order chi connectivity index (χ0) is 17.0. The molecule has 1 aliphatic heterocycles. The third-order valence-corrected chi connectivity index (χ3v) is 4.77. The highest BCUT2D eigenvalue weighted by molar-refractivity contribution is 5.77. The topological polar surface area (TPSA) is 50.6 Å². The number of amides is 1. The number of methoxy groups -OCH3 is 1. The number of nitrogens with zero attached hydrogens (tertiary/aromatic N) is 4. The van der Waals surface area contributed by atoms with E-state index in [-0.39, 0.29) is 11.4 Å². The molecule has 23 heavy (non-hydrogen) atoms. The molecule has 0 aromatic carbocycles. The Hall–Kier alpha value is -1.40. The molecule has 1 fully saturated rings.